The van der Waals surface area contributed by atoms with E-state index in [4.69, 9.17) is 5.73 Å². The van der Waals surface area contributed by atoms with Crippen molar-refractivity contribution in [1.82, 2.24) is 0 Å². The summed E-state index contributed by atoms with van der Waals surface area (Å²) in [6.45, 7) is 0.691. The van der Waals surface area contributed by atoms with Crippen molar-refractivity contribution in [3.8, 4) is 0 Å². The molecule has 6 heteroatoms. The van der Waals surface area contributed by atoms with Gasteiger partial charge < -0.3 is 5.73 Å². The molecular weight excluding hydrogens is 292 g/mol. The lowest BCUT2D eigenvalue weighted by Crippen LogP contribution is -2.33. The number of para-hydroxylation sites is 1. The zero-order valence-corrected chi connectivity index (χ0v) is 11.0. The van der Waals surface area contributed by atoms with Crippen molar-refractivity contribution in [2.75, 3.05) is 17.4 Å². The second kappa shape index (κ2) is 4.35. The molecule has 0 bridgehead atoms. The van der Waals surface area contributed by atoms with Crippen LogP contribution in [0.4, 0.5) is 5.69 Å². The Hall–Kier alpha value is -0.590. The molecule has 0 amide bonds. The zero-order chi connectivity index (χ0) is 11.8. The molecule has 0 spiro atoms. The minimum atomic E-state index is -3.28. The molecular formula is C10H13BrN2O2S. The average Bonchev–Trinajstić information content (AvgIpc) is 2.54. The van der Waals surface area contributed by atoms with E-state index in [9.17, 15) is 8.42 Å². The van der Waals surface area contributed by atoms with Crippen LogP contribution in [0.1, 0.15) is 6.42 Å². The van der Waals surface area contributed by atoms with Gasteiger partial charge in [0.1, 0.15) is 0 Å². The SMILES string of the molecule is NC[C@H]1CCN(c2ccccc2Br)S1(=O)=O. The van der Waals surface area contributed by atoms with Crippen LogP contribution in [0, 0.1) is 0 Å². The van der Waals surface area contributed by atoms with Gasteiger partial charge in [-0.25, -0.2) is 8.42 Å². The monoisotopic (exact) mass is 304 g/mol. The van der Waals surface area contributed by atoms with Gasteiger partial charge in [-0.1, -0.05) is 12.1 Å². The molecule has 0 saturated carbocycles. The summed E-state index contributed by atoms with van der Waals surface area (Å²) in [6, 6.07) is 7.31. The number of sulfonamides is 1. The van der Waals surface area contributed by atoms with Gasteiger partial charge in [0.05, 0.1) is 10.9 Å². The quantitative estimate of drug-likeness (QED) is 0.896. The molecule has 1 saturated heterocycles. The molecule has 1 aromatic carbocycles. The molecule has 1 aromatic rings. The van der Waals surface area contributed by atoms with Crippen molar-refractivity contribution in [3.63, 3.8) is 0 Å². The summed E-state index contributed by atoms with van der Waals surface area (Å²) >= 11 is 3.36. The van der Waals surface area contributed by atoms with E-state index in [0.717, 1.165) is 4.47 Å². The Labute approximate surface area is 104 Å². The van der Waals surface area contributed by atoms with E-state index in [2.05, 4.69) is 15.9 Å². The number of nitrogens with zero attached hydrogens (tertiary/aromatic N) is 1. The van der Waals surface area contributed by atoms with E-state index < -0.39 is 15.3 Å². The molecule has 1 aliphatic rings. The lowest BCUT2D eigenvalue weighted by molar-refractivity contribution is 0.588. The van der Waals surface area contributed by atoms with Gasteiger partial charge in [-0.15, -0.1) is 0 Å². The predicted molar refractivity (Wildman–Crippen MR) is 67.9 cm³/mol. The number of hydrogen-bond donors (Lipinski definition) is 1. The van der Waals surface area contributed by atoms with Crippen LogP contribution in [0.2, 0.25) is 0 Å². The Kier molecular flexibility index (Phi) is 3.23. The fourth-order valence-corrected chi connectivity index (χ4v) is 4.28. The Morgan fingerprint density at radius 3 is 2.69 bits per heavy atom. The first kappa shape index (κ1) is 11.9. The fraction of sp³-hybridized carbons (Fsp3) is 0.400. The fourth-order valence-electron chi connectivity index (χ4n) is 1.87. The van der Waals surface area contributed by atoms with Crippen molar-refractivity contribution in [3.05, 3.63) is 28.7 Å². The average molecular weight is 305 g/mol. The van der Waals surface area contributed by atoms with Crippen molar-refractivity contribution in [2.45, 2.75) is 11.7 Å². The molecule has 1 heterocycles. The van der Waals surface area contributed by atoms with Crippen molar-refractivity contribution in [1.29, 1.82) is 0 Å². The van der Waals surface area contributed by atoms with Crippen LogP contribution in [0.25, 0.3) is 0 Å². The van der Waals surface area contributed by atoms with Crippen LogP contribution in [0.3, 0.4) is 0 Å². The number of hydrogen-bond acceptors (Lipinski definition) is 3. The van der Waals surface area contributed by atoms with Crippen LogP contribution in [-0.2, 0) is 10.0 Å². The van der Waals surface area contributed by atoms with E-state index in [1.807, 2.05) is 18.2 Å². The molecule has 2 rings (SSSR count). The van der Waals surface area contributed by atoms with Gasteiger partial charge in [0, 0.05) is 17.6 Å². The number of nitrogens with two attached hydrogens (primary N) is 1. The highest BCUT2D eigenvalue weighted by Gasteiger charge is 2.38. The van der Waals surface area contributed by atoms with E-state index >= 15 is 0 Å². The molecule has 0 unspecified atom stereocenters. The number of halogens is 1. The molecule has 1 atom stereocenters. The van der Waals surface area contributed by atoms with Crippen LogP contribution in [0.15, 0.2) is 28.7 Å². The summed E-state index contributed by atoms with van der Waals surface area (Å²) in [5.74, 6) is 0. The minimum absolute atomic E-state index is 0.184. The molecule has 16 heavy (non-hydrogen) atoms. The summed E-state index contributed by atoms with van der Waals surface area (Å²) in [5, 5.41) is -0.445. The largest absolute Gasteiger partial charge is 0.329 e. The molecule has 1 aliphatic heterocycles. The number of benzene rings is 1. The summed E-state index contributed by atoms with van der Waals surface area (Å²) in [4.78, 5) is 0. The first-order valence-corrected chi connectivity index (χ1v) is 7.33. The highest BCUT2D eigenvalue weighted by Crippen LogP contribution is 2.33. The maximum Gasteiger partial charge on any atom is 0.239 e. The van der Waals surface area contributed by atoms with Gasteiger partial charge in [-0.05, 0) is 34.5 Å². The highest BCUT2D eigenvalue weighted by molar-refractivity contribution is 9.10. The molecule has 4 nitrogen and oxygen atoms in total. The maximum atomic E-state index is 12.1. The van der Waals surface area contributed by atoms with Crippen LogP contribution in [-0.4, -0.2) is 26.8 Å². The third kappa shape index (κ3) is 1.85. The maximum absolute atomic E-state index is 12.1. The smallest absolute Gasteiger partial charge is 0.239 e. The van der Waals surface area contributed by atoms with Gasteiger partial charge >= 0.3 is 0 Å². The first-order chi connectivity index (χ1) is 7.57. The zero-order valence-electron chi connectivity index (χ0n) is 8.64. The molecule has 1 fully saturated rings. The van der Waals surface area contributed by atoms with E-state index in [1.165, 1.54) is 4.31 Å². The van der Waals surface area contributed by atoms with Crippen molar-refractivity contribution < 1.29 is 8.42 Å². The lowest BCUT2D eigenvalue weighted by atomic mass is 10.3. The Morgan fingerprint density at radius 2 is 2.12 bits per heavy atom. The summed E-state index contributed by atoms with van der Waals surface area (Å²) in [7, 11) is -3.28. The Morgan fingerprint density at radius 1 is 1.44 bits per heavy atom. The minimum Gasteiger partial charge on any atom is -0.329 e. The van der Waals surface area contributed by atoms with Crippen molar-refractivity contribution in [2.24, 2.45) is 5.73 Å². The topological polar surface area (TPSA) is 63.4 Å². The third-order valence-corrected chi connectivity index (χ3v) is 5.70. The molecule has 0 aliphatic carbocycles. The van der Waals surface area contributed by atoms with E-state index in [1.54, 1.807) is 6.07 Å². The Bertz CT molecular complexity index is 489. The number of anilines is 1. The molecule has 0 aromatic heterocycles. The van der Waals surface area contributed by atoms with E-state index in [0.29, 0.717) is 18.7 Å². The molecule has 88 valence electrons. The van der Waals surface area contributed by atoms with Gasteiger partial charge in [-0.3, -0.25) is 4.31 Å². The second-order valence-electron chi connectivity index (χ2n) is 3.71. The second-order valence-corrected chi connectivity index (χ2v) is 6.71. The van der Waals surface area contributed by atoms with Crippen LogP contribution in [0.5, 0.6) is 0 Å². The molecule has 2 N–H and O–H groups in total. The lowest BCUT2D eigenvalue weighted by Gasteiger charge is -2.19. The van der Waals surface area contributed by atoms with Crippen LogP contribution >= 0.6 is 15.9 Å². The van der Waals surface area contributed by atoms with Crippen molar-refractivity contribution >= 4 is 31.6 Å². The third-order valence-electron chi connectivity index (χ3n) is 2.77. The summed E-state index contributed by atoms with van der Waals surface area (Å²) in [5.41, 5.74) is 6.16. The first-order valence-electron chi connectivity index (χ1n) is 5.03. The van der Waals surface area contributed by atoms with Gasteiger partial charge in [0.2, 0.25) is 10.0 Å². The highest BCUT2D eigenvalue weighted by atomic mass is 79.9. The number of rotatable bonds is 2. The summed E-state index contributed by atoms with van der Waals surface area (Å²) in [6.07, 6.45) is 0.597. The normalized spacial score (nSPS) is 23.6. The van der Waals surface area contributed by atoms with Gasteiger partial charge in [0.25, 0.3) is 0 Å². The van der Waals surface area contributed by atoms with Gasteiger partial charge in [-0.2, -0.15) is 0 Å². The standard InChI is InChI=1S/C10H13BrN2O2S/c11-9-3-1-2-4-10(9)13-6-5-8(7-12)16(13,14)15/h1-4,8H,5-7,12H2/t8-/m1/s1. The Balaban J connectivity index is 2.42. The van der Waals surface area contributed by atoms with E-state index in [-0.39, 0.29) is 6.54 Å². The van der Waals surface area contributed by atoms with Crippen LogP contribution < -0.4 is 10.0 Å². The van der Waals surface area contributed by atoms with Gasteiger partial charge in [0.15, 0.2) is 0 Å². The molecule has 0 radical (unpaired) electrons. The predicted octanol–water partition coefficient (Wildman–Crippen LogP) is 1.32. The summed E-state index contributed by atoms with van der Waals surface area (Å²) < 4.78 is 26.4.